The number of piperidine rings is 1. The van der Waals surface area contributed by atoms with Crippen LogP contribution in [0.25, 0.3) is 11.4 Å². The molecule has 2 fully saturated rings. The van der Waals surface area contributed by atoms with Gasteiger partial charge in [0.2, 0.25) is 5.82 Å². The van der Waals surface area contributed by atoms with E-state index in [1.165, 1.54) is 0 Å². The molecule has 2 N–H and O–H groups in total. The van der Waals surface area contributed by atoms with Crippen LogP contribution in [-0.2, 0) is 9.47 Å². The number of anilines is 1. The van der Waals surface area contributed by atoms with Gasteiger partial charge in [-0.15, -0.1) is 10.2 Å². The number of likely N-dealkylation sites (tertiary alicyclic amines) is 1. The van der Waals surface area contributed by atoms with Crippen LogP contribution >= 0.6 is 0 Å². The number of rotatable bonds is 4. The summed E-state index contributed by atoms with van der Waals surface area (Å²) in [6.07, 6.45) is 2.38. The summed E-state index contributed by atoms with van der Waals surface area (Å²) in [7, 11) is 0. The summed E-state index contributed by atoms with van der Waals surface area (Å²) < 4.78 is 10.8. The summed E-state index contributed by atoms with van der Waals surface area (Å²) in [5, 5.41) is 16.9. The molecule has 1 unspecified atom stereocenters. The number of tetrazole rings is 1. The van der Waals surface area contributed by atoms with E-state index < -0.39 is 5.97 Å². The van der Waals surface area contributed by atoms with Gasteiger partial charge >= 0.3 is 12.0 Å². The van der Waals surface area contributed by atoms with Crippen molar-refractivity contribution < 1.29 is 19.1 Å². The van der Waals surface area contributed by atoms with Gasteiger partial charge < -0.3 is 19.7 Å². The van der Waals surface area contributed by atoms with Crippen molar-refractivity contribution in [2.75, 3.05) is 31.6 Å². The van der Waals surface area contributed by atoms with Crippen LogP contribution in [0.2, 0.25) is 0 Å². The Hall–Kier alpha value is -3.01. The largest absolute Gasteiger partial charge is 0.456 e. The number of esters is 1. The van der Waals surface area contributed by atoms with E-state index in [9.17, 15) is 9.59 Å². The summed E-state index contributed by atoms with van der Waals surface area (Å²) in [4.78, 5) is 27.4. The van der Waals surface area contributed by atoms with Crippen molar-refractivity contribution in [1.29, 1.82) is 0 Å². The number of nitrogens with one attached hydrogen (secondary N) is 2. The Morgan fingerprint density at radius 1 is 1.22 bits per heavy atom. The fourth-order valence-electron chi connectivity index (χ4n) is 4.23. The molecule has 1 atom stereocenters. The SMILES string of the molecule is CC(C)(C)C1CCN(C(=O)Nc2ccc(C(=O)OC3CCOC3)c(-c3nn[nH]n3)c2)CC1. The molecule has 1 aromatic heterocycles. The zero-order chi connectivity index (χ0) is 22.7. The van der Waals surface area contributed by atoms with Gasteiger partial charge in [0.15, 0.2) is 0 Å². The molecule has 0 radical (unpaired) electrons. The molecular weight excluding hydrogens is 412 g/mol. The number of hydrogen-bond donors (Lipinski definition) is 2. The predicted octanol–water partition coefficient (Wildman–Crippen LogP) is 3.10. The van der Waals surface area contributed by atoms with E-state index in [2.05, 4.69) is 46.7 Å². The molecule has 10 heteroatoms. The Bertz CT molecular complexity index is 942. The molecule has 2 aromatic rings. The first-order valence-electron chi connectivity index (χ1n) is 11.0. The van der Waals surface area contributed by atoms with Crippen LogP contribution in [0.5, 0.6) is 0 Å². The highest BCUT2D eigenvalue weighted by molar-refractivity contribution is 5.98. The second-order valence-corrected chi connectivity index (χ2v) is 9.44. The van der Waals surface area contributed by atoms with Gasteiger partial charge in [0.05, 0.1) is 18.8 Å². The Kier molecular flexibility index (Phi) is 6.40. The van der Waals surface area contributed by atoms with Gasteiger partial charge in [0.1, 0.15) is 6.10 Å². The number of nitrogens with zero attached hydrogens (tertiary/aromatic N) is 4. The topological polar surface area (TPSA) is 122 Å². The number of hydrogen-bond acceptors (Lipinski definition) is 7. The number of benzene rings is 1. The first-order valence-corrected chi connectivity index (χ1v) is 11.0. The van der Waals surface area contributed by atoms with E-state index in [0.717, 1.165) is 25.9 Å². The first kappa shape index (κ1) is 22.2. The average Bonchev–Trinajstić information content (AvgIpc) is 3.47. The smallest absolute Gasteiger partial charge is 0.339 e. The van der Waals surface area contributed by atoms with Gasteiger partial charge in [-0.3, -0.25) is 0 Å². The van der Waals surface area contributed by atoms with Crippen LogP contribution in [0.3, 0.4) is 0 Å². The molecule has 0 spiro atoms. The second kappa shape index (κ2) is 9.23. The van der Waals surface area contributed by atoms with Crippen molar-refractivity contribution in [2.24, 2.45) is 11.3 Å². The standard InChI is InChI=1S/C22H30N6O4/c1-22(2,3)14-6-9-28(10-7-14)21(30)23-15-4-5-17(18(12-15)19-24-26-27-25-19)20(29)32-16-8-11-31-13-16/h4-5,12,14,16H,6-11,13H2,1-3H3,(H,23,30)(H,24,25,26,27). The number of ether oxygens (including phenoxy) is 2. The summed E-state index contributed by atoms with van der Waals surface area (Å²) in [5.74, 6) is 0.371. The molecular formula is C22H30N6O4. The summed E-state index contributed by atoms with van der Waals surface area (Å²) in [5.41, 5.74) is 1.54. The zero-order valence-corrected chi connectivity index (χ0v) is 18.8. The van der Waals surface area contributed by atoms with Crippen molar-refractivity contribution in [2.45, 2.75) is 46.1 Å². The zero-order valence-electron chi connectivity index (χ0n) is 18.8. The molecule has 3 heterocycles. The quantitative estimate of drug-likeness (QED) is 0.698. The maximum atomic E-state index is 12.8. The van der Waals surface area contributed by atoms with E-state index in [0.29, 0.717) is 42.4 Å². The molecule has 10 nitrogen and oxygen atoms in total. The molecule has 172 valence electrons. The van der Waals surface area contributed by atoms with E-state index in [1.54, 1.807) is 18.2 Å². The normalized spacial score (nSPS) is 19.7. The van der Waals surface area contributed by atoms with Crippen molar-refractivity contribution in [3.8, 4) is 11.4 Å². The monoisotopic (exact) mass is 442 g/mol. The highest BCUT2D eigenvalue weighted by Gasteiger charge is 2.30. The molecule has 2 amide bonds. The van der Waals surface area contributed by atoms with Gasteiger partial charge in [-0.1, -0.05) is 20.8 Å². The lowest BCUT2D eigenvalue weighted by Crippen LogP contribution is -2.43. The highest BCUT2D eigenvalue weighted by atomic mass is 16.6. The summed E-state index contributed by atoms with van der Waals surface area (Å²) in [6.45, 7) is 9.16. The number of H-pyrrole nitrogens is 1. The van der Waals surface area contributed by atoms with Crippen LogP contribution in [0, 0.1) is 11.3 Å². The maximum absolute atomic E-state index is 12.8. The minimum absolute atomic E-state index is 0.158. The fourth-order valence-corrected chi connectivity index (χ4v) is 4.23. The average molecular weight is 443 g/mol. The van der Waals surface area contributed by atoms with Crippen LogP contribution < -0.4 is 5.32 Å². The Balaban J connectivity index is 1.47. The molecule has 2 aliphatic heterocycles. The van der Waals surface area contributed by atoms with Crippen LogP contribution in [0.4, 0.5) is 10.5 Å². The molecule has 1 aromatic carbocycles. The van der Waals surface area contributed by atoms with Gasteiger partial charge in [0, 0.05) is 30.8 Å². The van der Waals surface area contributed by atoms with Gasteiger partial charge in [0.25, 0.3) is 0 Å². The lowest BCUT2D eigenvalue weighted by atomic mass is 9.75. The van der Waals surface area contributed by atoms with E-state index in [1.807, 2.05) is 4.90 Å². The molecule has 32 heavy (non-hydrogen) atoms. The minimum Gasteiger partial charge on any atom is -0.456 e. The third-order valence-electron chi connectivity index (χ3n) is 6.25. The van der Waals surface area contributed by atoms with Crippen LogP contribution in [-0.4, -0.2) is 69.9 Å². The van der Waals surface area contributed by atoms with Crippen LogP contribution in [0.15, 0.2) is 18.2 Å². The Morgan fingerprint density at radius 2 is 2.00 bits per heavy atom. The number of amides is 2. The maximum Gasteiger partial charge on any atom is 0.339 e. The summed E-state index contributed by atoms with van der Waals surface area (Å²) in [6, 6.07) is 4.82. The molecule has 4 rings (SSSR count). The third kappa shape index (κ3) is 5.07. The van der Waals surface area contributed by atoms with Crippen molar-refractivity contribution in [1.82, 2.24) is 25.5 Å². The Morgan fingerprint density at radius 3 is 2.62 bits per heavy atom. The fraction of sp³-hybridized carbons (Fsp3) is 0.591. The lowest BCUT2D eigenvalue weighted by molar-refractivity contribution is 0.0271. The first-order chi connectivity index (χ1) is 15.3. The van der Waals surface area contributed by atoms with Gasteiger partial charge in [-0.25, -0.2) is 9.59 Å². The number of carbonyl (C=O) groups is 2. The Labute approximate surface area is 187 Å². The van der Waals surface area contributed by atoms with Crippen LogP contribution in [0.1, 0.15) is 50.4 Å². The van der Waals surface area contributed by atoms with E-state index in [-0.39, 0.29) is 23.4 Å². The van der Waals surface area contributed by atoms with E-state index >= 15 is 0 Å². The molecule has 0 saturated carbocycles. The second-order valence-electron chi connectivity index (χ2n) is 9.44. The van der Waals surface area contributed by atoms with Crippen molar-refractivity contribution in [3.63, 3.8) is 0 Å². The van der Waals surface area contributed by atoms with Gasteiger partial charge in [-0.2, -0.15) is 5.21 Å². The van der Waals surface area contributed by atoms with Crippen molar-refractivity contribution in [3.05, 3.63) is 23.8 Å². The highest BCUT2D eigenvalue weighted by Crippen LogP contribution is 2.34. The number of carbonyl (C=O) groups excluding carboxylic acids is 2. The van der Waals surface area contributed by atoms with E-state index in [4.69, 9.17) is 9.47 Å². The number of aromatic nitrogens is 4. The molecule has 0 aliphatic carbocycles. The molecule has 0 bridgehead atoms. The predicted molar refractivity (Wildman–Crippen MR) is 117 cm³/mol. The minimum atomic E-state index is -0.484. The third-order valence-corrected chi connectivity index (χ3v) is 6.25. The lowest BCUT2D eigenvalue weighted by Gasteiger charge is -2.38. The number of aromatic amines is 1. The van der Waals surface area contributed by atoms with Crippen molar-refractivity contribution >= 4 is 17.7 Å². The summed E-state index contributed by atoms with van der Waals surface area (Å²) >= 11 is 0. The van der Waals surface area contributed by atoms with Gasteiger partial charge in [-0.05, 0) is 47.6 Å². The molecule has 2 saturated heterocycles. The number of urea groups is 1. The molecule has 2 aliphatic rings.